The van der Waals surface area contributed by atoms with E-state index in [1.54, 1.807) is 6.20 Å². The molecule has 0 aliphatic carbocycles. The number of ether oxygens (including phenoxy) is 1. The fourth-order valence-electron chi connectivity index (χ4n) is 2.47. The number of anilines is 2. The quantitative estimate of drug-likeness (QED) is 0.560. The molecular weight excluding hydrogens is 273 g/mol. The fourth-order valence-corrected chi connectivity index (χ4v) is 2.47. The highest BCUT2D eigenvalue weighted by molar-refractivity contribution is 6.15. The van der Waals surface area contributed by atoms with Gasteiger partial charge in [0.25, 0.3) is 0 Å². The summed E-state index contributed by atoms with van der Waals surface area (Å²) in [6.45, 7) is 0.612. The Morgan fingerprint density at radius 1 is 1.09 bits per heavy atom. The van der Waals surface area contributed by atoms with Crippen LogP contribution >= 0.6 is 0 Å². The molecule has 1 heterocycles. The molecule has 0 saturated carbocycles. The molecule has 0 fully saturated rings. The zero-order valence-electron chi connectivity index (χ0n) is 12.5. The lowest BCUT2D eigenvalue weighted by molar-refractivity contribution is 0.326. The average molecular weight is 291 g/mol. The van der Waals surface area contributed by atoms with Gasteiger partial charge in [-0.25, -0.2) is 4.98 Å². The average Bonchev–Trinajstić information content (AvgIpc) is 2.57. The molecule has 4 nitrogen and oxygen atoms in total. The van der Waals surface area contributed by atoms with Crippen LogP contribution in [0.25, 0.3) is 10.8 Å². The molecule has 0 spiro atoms. The number of nitrogen functional groups attached to an aromatic ring is 1. The monoisotopic (exact) mass is 291 g/mol. The Bertz CT molecular complexity index is 792. The maximum absolute atomic E-state index is 6.01. The Morgan fingerprint density at radius 3 is 2.73 bits per heavy atom. The first-order valence-corrected chi connectivity index (χ1v) is 7.30. The molecule has 2 aromatic carbocycles. The van der Waals surface area contributed by atoms with Crippen LogP contribution in [-0.4, -0.2) is 19.6 Å². The number of nitrogens with zero attached hydrogens (tertiary/aromatic N) is 1. The number of pyridine rings is 1. The molecule has 0 saturated heterocycles. The first-order valence-electron chi connectivity index (χ1n) is 7.30. The summed E-state index contributed by atoms with van der Waals surface area (Å²) >= 11 is 0. The van der Waals surface area contributed by atoms with E-state index in [4.69, 9.17) is 10.5 Å². The Morgan fingerprint density at radius 2 is 1.91 bits per heavy atom. The van der Waals surface area contributed by atoms with Crippen LogP contribution in [0.15, 0.2) is 54.7 Å². The van der Waals surface area contributed by atoms with E-state index in [1.807, 2.05) is 56.5 Å². The number of nitrogens with two attached hydrogens (primary N) is 1. The van der Waals surface area contributed by atoms with Gasteiger partial charge in [-0.1, -0.05) is 24.3 Å². The van der Waals surface area contributed by atoms with Gasteiger partial charge in [0.1, 0.15) is 11.6 Å². The van der Waals surface area contributed by atoms with E-state index < -0.39 is 0 Å². The van der Waals surface area contributed by atoms with Crippen molar-refractivity contribution in [1.82, 2.24) is 4.98 Å². The second kappa shape index (κ2) is 6.39. The van der Waals surface area contributed by atoms with Gasteiger partial charge in [-0.3, -0.25) is 0 Å². The van der Waals surface area contributed by atoms with E-state index in [1.165, 1.54) is 5.56 Å². The molecule has 0 amide bonds. The summed E-state index contributed by atoms with van der Waals surface area (Å²) < 4.78 is 5.96. The summed E-state index contributed by atoms with van der Waals surface area (Å²) in [6, 6.07) is 15.9. The Hall–Kier alpha value is -2.69. The highest BCUT2D eigenvalue weighted by atomic mass is 16.5. The maximum atomic E-state index is 6.01. The molecule has 0 aliphatic rings. The van der Waals surface area contributed by atoms with Crippen LogP contribution in [0.4, 0.5) is 11.5 Å². The highest BCUT2D eigenvalue weighted by Gasteiger charge is 2.05. The van der Waals surface area contributed by atoms with Crippen molar-refractivity contribution in [1.29, 1.82) is 0 Å². The normalized spacial score (nSPS) is 10.5. The lowest BCUT2D eigenvalue weighted by Crippen LogP contribution is -2.03. The summed E-state index contributed by atoms with van der Waals surface area (Å²) in [6.07, 6.45) is 2.63. The first kappa shape index (κ1) is 14.3. The Kier molecular flexibility index (Phi) is 4.14. The van der Waals surface area contributed by atoms with Crippen LogP contribution in [0.3, 0.4) is 0 Å². The van der Waals surface area contributed by atoms with E-state index in [2.05, 4.69) is 10.2 Å². The number of hydrogen-bond acceptors (Lipinski definition) is 4. The molecule has 1 aromatic heterocycles. The van der Waals surface area contributed by atoms with Crippen LogP contribution in [0.2, 0.25) is 0 Å². The van der Waals surface area contributed by atoms with E-state index >= 15 is 0 Å². The molecule has 0 bridgehead atoms. The van der Waals surface area contributed by atoms with Gasteiger partial charge in [0.2, 0.25) is 7.98 Å². The second-order valence-corrected chi connectivity index (χ2v) is 5.10. The van der Waals surface area contributed by atoms with Crippen LogP contribution in [0.5, 0.6) is 5.75 Å². The van der Waals surface area contributed by atoms with Crippen molar-refractivity contribution in [3.63, 3.8) is 0 Å². The van der Waals surface area contributed by atoms with E-state index in [0.29, 0.717) is 6.61 Å². The number of hydrogen-bond donors (Lipinski definition) is 2. The van der Waals surface area contributed by atoms with Crippen molar-refractivity contribution >= 4 is 30.3 Å². The van der Waals surface area contributed by atoms with Crippen molar-refractivity contribution in [2.45, 2.75) is 6.42 Å². The standard InChI is InChI=1S/C17H18BN3O/c18-21-17-11-12(7-9-20-17)8-10-22-16-6-5-15(19)13-3-1-2-4-14(13)16/h1-7,9,11H,8,10,18-19H2,(H,20,21). The summed E-state index contributed by atoms with van der Waals surface area (Å²) in [4.78, 5) is 4.21. The number of nitrogens with one attached hydrogen (secondary N) is 1. The highest BCUT2D eigenvalue weighted by Crippen LogP contribution is 2.29. The van der Waals surface area contributed by atoms with Gasteiger partial charge < -0.3 is 15.7 Å². The minimum atomic E-state index is 0.612. The van der Waals surface area contributed by atoms with Gasteiger partial charge in [0.15, 0.2) is 0 Å². The topological polar surface area (TPSA) is 60.2 Å². The largest absolute Gasteiger partial charge is 0.493 e. The van der Waals surface area contributed by atoms with Crippen LogP contribution in [0.1, 0.15) is 5.56 Å². The summed E-state index contributed by atoms with van der Waals surface area (Å²) in [5, 5.41) is 5.12. The minimum absolute atomic E-state index is 0.612. The molecule has 5 heteroatoms. The number of aromatic nitrogens is 1. The third-order valence-corrected chi connectivity index (χ3v) is 3.65. The van der Waals surface area contributed by atoms with Crippen molar-refractivity contribution in [2.75, 3.05) is 17.6 Å². The molecule has 22 heavy (non-hydrogen) atoms. The molecule has 3 N–H and O–H groups in total. The molecule has 0 radical (unpaired) electrons. The molecule has 0 aliphatic heterocycles. The zero-order chi connectivity index (χ0) is 15.4. The van der Waals surface area contributed by atoms with Crippen molar-refractivity contribution in [2.24, 2.45) is 0 Å². The molecule has 3 rings (SSSR count). The number of benzene rings is 2. The molecular formula is C17H18BN3O. The summed E-state index contributed by atoms with van der Waals surface area (Å²) in [5.74, 6) is 1.74. The van der Waals surface area contributed by atoms with Crippen LogP contribution in [0, 0.1) is 0 Å². The lowest BCUT2D eigenvalue weighted by Gasteiger charge is -2.11. The third-order valence-electron chi connectivity index (χ3n) is 3.65. The Balaban J connectivity index is 1.73. The first-order chi connectivity index (χ1) is 10.8. The lowest BCUT2D eigenvalue weighted by atomic mass is 10.1. The predicted octanol–water partition coefficient (Wildman–Crippen LogP) is 2.40. The van der Waals surface area contributed by atoms with Crippen LogP contribution in [-0.2, 0) is 6.42 Å². The van der Waals surface area contributed by atoms with Gasteiger partial charge in [0, 0.05) is 29.1 Å². The molecule has 0 atom stereocenters. The van der Waals surface area contributed by atoms with E-state index in [9.17, 15) is 0 Å². The maximum Gasteiger partial charge on any atom is 0.215 e. The molecule has 110 valence electrons. The van der Waals surface area contributed by atoms with Gasteiger partial charge >= 0.3 is 0 Å². The van der Waals surface area contributed by atoms with Gasteiger partial charge in [-0.2, -0.15) is 0 Å². The minimum Gasteiger partial charge on any atom is -0.493 e. The zero-order valence-corrected chi connectivity index (χ0v) is 12.5. The number of rotatable bonds is 5. The third kappa shape index (κ3) is 2.98. The Labute approximate surface area is 130 Å². The smallest absolute Gasteiger partial charge is 0.215 e. The van der Waals surface area contributed by atoms with Crippen LogP contribution < -0.4 is 15.7 Å². The molecule has 3 aromatic rings. The molecule has 0 unspecified atom stereocenters. The van der Waals surface area contributed by atoms with Crippen molar-refractivity contribution in [3.8, 4) is 5.75 Å². The predicted molar refractivity (Wildman–Crippen MR) is 94.0 cm³/mol. The van der Waals surface area contributed by atoms with Crippen molar-refractivity contribution < 1.29 is 4.74 Å². The van der Waals surface area contributed by atoms with Gasteiger partial charge in [-0.15, -0.1) is 0 Å². The summed E-state index contributed by atoms with van der Waals surface area (Å²) in [5.41, 5.74) is 7.97. The van der Waals surface area contributed by atoms with E-state index in [0.717, 1.165) is 34.4 Å². The fraction of sp³-hybridized carbons (Fsp3) is 0.118. The van der Waals surface area contributed by atoms with Crippen molar-refractivity contribution in [3.05, 3.63) is 60.3 Å². The second-order valence-electron chi connectivity index (χ2n) is 5.10. The summed E-state index contributed by atoms with van der Waals surface area (Å²) in [7, 11) is 1.86. The van der Waals surface area contributed by atoms with E-state index in [-0.39, 0.29) is 0 Å². The van der Waals surface area contributed by atoms with Gasteiger partial charge in [-0.05, 0) is 29.8 Å². The SMILES string of the molecule is BNc1cc(CCOc2ccc(N)c3ccccc23)ccn1. The number of fused-ring (bicyclic) bond motifs is 1. The van der Waals surface area contributed by atoms with Gasteiger partial charge in [0.05, 0.1) is 6.61 Å².